The Bertz CT molecular complexity index is 711. The van der Waals surface area contributed by atoms with E-state index in [4.69, 9.17) is 0 Å². The maximum absolute atomic E-state index is 10.4. The fraction of sp³-hybridized carbons (Fsp3) is 0.368. The molecule has 0 spiro atoms. The van der Waals surface area contributed by atoms with E-state index < -0.39 is 6.23 Å². The van der Waals surface area contributed by atoms with Gasteiger partial charge in [0.25, 0.3) is 0 Å². The quantitative estimate of drug-likeness (QED) is 0.929. The van der Waals surface area contributed by atoms with Gasteiger partial charge in [-0.3, -0.25) is 0 Å². The van der Waals surface area contributed by atoms with Gasteiger partial charge in [0.1, 0.15) is 6.23 Å². The highest BCUT2D eigenvalue weighted by molar-refractivity contribution is 5.83. The summed E-state index contributed by atoms with van der Waals surface area (Å²) in [5.74, 6) is 0. The number of hydrogen-bond donors (Lipinski definition) is 1. The smallest absolute Gasteiger partial charge is 0.128 e. The largest absolute Gasteiger partial charge is 0.378 e. The summed E-state index contributed by atoms with van der Waals surface area (Å²) in [7, 11) is 8.16. The second-order valence-corrected chi connectivity index (χ2v) is 6.57. The molecule has 1 N–H and O–H groups in total. The molecule has 1 aromatic carbocycles. The van der Waals surface area contributed by atoms with Gasteiger partial charge in [0, 0.05) is 45.3 Å². The molecule has 1 aliphatic carbocycles. The topological polar surface area (TPSA) is 30.0 Å². The van der Waals surface area contributed by atoms with E-state index in [1.165, 1.54) is 11.3 Å². The van der Waals surface area contributed by atoms with Crippen LogP contribution < -0.4 is 9.80 Å². The fourth-order valence-corrected chi connectivity index (χ4v) is 3.14. The first kappa shape index (κ1) is 15.7. The Labute approximate surface area is 138 Å². The fourth-order valence-electron chi connectivity index (χ4n) is 3.14. The molecule has 0 saturated heterocycles. The van der Waals surface area contributed by atoms with E-state index in [9.17, 15) is 5.11 Å². The van der Waals surface area contributed by atoms with E-state index in [1.807, 2.05) is 40.0 Å². The number of aliphatic hydroxyl groups is 1. The number of allylic oxidation sites excluding steroid dienone is 3. The van der Waals surface area contributed by atoms with Crippen molar-refractivity contribution in [2.45, 2.75) is 19.6 Å². The number of benzene rings is 1. The van der Waals surface area contributed by atoms with Crippen LogP contribution >= 0.6 is 0 Å². The number of likely N-dealkylation sites (N-methyl/N-ethyl adjacent to an activating group) is 1. The number of nitrogens with zero attached hydrogens (tertiary/aromatic N) is 3. The lowest BCUT2D eigenvalue weighted by atomic mass is 9.92. The molecule has 0 radical (unpaired) electrons. The van der Waals surface area contributed by atoms with Gasteiger partial charge in [-0.2, -0.15) is 0 Å². The first-order valence-electron chi connectivity index (χ1n) is 7.97. The maximum Gasteiger partial charge on any atom is 0.128 e. The van der Waals surface area contributed by atoms with Crippen molar-refractivity contribution in [1.82, 2.24) is 4.90 Å². The number of rotatable bonds is 3. The molecule has 122 valence electrons. The Morgan fingerprint density at radius 1 is 1.09 bits per heavy atom. The number of hydrogen-bond acceptors (Lipinski definition) is 4. The van der Waals surface area contributed by atoms with Crippen LogP contribution in [0.25, 0.3) is 6.08 Å². The minimum Gasteiger partial charge on any atom is -0.378 e. The predicted octanol–water partition coefficient (Wildman–Crippen LogP) is 3.03. The van der Waals surface area contributed by atoms with E-state index in [0.29, 0.717) is 0 Å². The lowest BCUT2D eigenvalue weighted by molar-refractivity contribution is 0.197. The van der Waals surface area contributed by atoms with Gasteiger partial charge in [-0.05, 0) is 48.8 Å². The minimum absolute atomic E-state index is 0.581. The number of fused-ring (bicyclic) bond motifs is 2. The Morgan fingerprint density at radius 2 is 1.83 bits per heavy atom. The molecular formula is C19H25N3O. The van der Waals surface area contributed by atoms with Gasteiger partial charge < -0.3 is 19.8 Å². The predicted molar refractivity (Wildman–Crippen MR) is 97.4 cm³/mol. The van der Waals surface area contributed by atoms with E-state index in [-0.39, 0.29) is 0 Å². The second kappa shape index (κ2) is 5.78. The van der Waals surface area contributed by atoms with Crippen LogP contribution in [0.4, 0.5) is 11.4 Å². The molecular weight excluding hydrogens is 286 g/mol. The molecule has 0 bridgehead atoms. The molecule has 1 aromatic rings. The van der Waals surface area contributed by atoms with Crippen molar-refractivity contribution in [2.75, 3.05) is 38.0 Å². The highest BCUT2D eigenvalue weighted by atomic mass is 16.3. The molecule has 1 aliphatic heterocycles. The van der Waals surface area contributed by atoms with Crippen molar-refractivity contribution < 1.29 is 5.11 Å². The Balaban J connectivity index is 2.14. The molecule has 0 amide bonds. The Hall–Kier alpha value is -2.20. The minimum atomic E-state index is -0.581. The molecule has 4 nitrogen and oxygen atoms in total. The first-order valence-corrected chi connectivity index (χ1v) is 7.97. The molecule has 1 unspecified atom stereocenters. The molecule has 4 heteroatoms. The number of aliphatic hydroxyl groups excluding tert-OH is 1. The van der Waals surface area contributed by atoms with Gasteiger partial charge in [0.15, 0.2) is 0 Å². The zero-order valence-electron chi connectivity index (χ0n) is 14.5. The molecule has 0 saturated carbocycles. The third-order valence-corrected chi connectivity index (χ3v) is 4.41. The summed E-state index contributed by atoms with van der Waals surface area (Å²) in [6.45, 7) is 1.82. The van der Waals surface area contributed by atoms with E-state index in [2.05, 4.69) is 46.2 Å². The zero-order valence-corrected chi connectivity index (χ0v) is 14.5. The summed E-state index contributed by atoms with van der Waals surface area (Å²) in [6, 6.07) is 6.40. The third-order valence-electron chi connectivity index (χ3n) is 4.41. The van der Waals surface area contributed by atoms with E-state index >= 15 is 0 Å². The van der Waals surface area contributed by atoms with Crippen molar-refractivity contribution in [3.63, 3.8) is 0 Å². The summed E-state index contributed by atoms with van der Waals surface area (Å²) in [6.07, 6.45) is 6.93. The van der Waals surface area contributed by atoms with Crippen LogP contribution in [0.1, 0.15) is 18.9 Å². The van der Waals surface area contributed by atoms with Crippen LogP contribution in [0.15, 0.2) is 47.3 Å². The summed E-state index contributed by atoms with van der Waals surface area (Å²) in [4.78, 5) is 6.23. The molecule has 1 atom stereocenters. The molecule has 23 heavy (non-hydrogen) atoms. The maximum atomic E-state index is 10.4. The first-order chi connectivity index (χ1) is 10.9. The SMILES string of the molecule is CC(O)N1C2=CC(N(C)C)=CCC2=Cc2ccc(N(C)C)cc21. The lowest BCUT2D eigenvalue weighted by Gasteiger charge is -2.38. The van der Waals surface area contributed by atoms with Crippen LogP contribution in [0.5, 0.6) is 0 Å². The van der Waals surface area contributed by atoms with E-state index in [1.54, 1.807) is 0 Å². The summed E-state index contributed by atoms with van der Waals surface area (Å²) < 4.78 is 0. The molecule has 3 rings (SSSR count). The van der Waals surface area contributed by atoms with Gasteiger partial charge in [-0.1, -0.05) is 12.1 Å². The molecule has 1 heterocycles. The van der Waals surface area contributed by atoms with Crippen LogP contribution in [0.2, 0.25) is 0 Å². The Kier molecular flexibility index (Phi) is 3.94. The van der Waals surface area contributed by atoms with Crippen molar-refractivity contribution in [3.8, 4) is 0 Å². The monoisotopic (exact) mass is 311 g/mol. The van der Waals surface area contributed by atoms with Gasteiger partial charge in [0.2, 0.25) is 0 Å². The molecule has 0 fully saturated rings. The Morgan fingerprint density at radius 3 is 2.43 bits per heavy atom. The lowest BCUT2D eigenvalue weighted by Crippen LogP contribution is -2.36. The molecule has 2 aliphatic rings. The normalized spacial score (nSPS) is 17.5. The van der Waals surface area contributed by atoms with Gasteiger partial charge in [-0.25, -0.2) is 0 Å². The zero-order chi connectivity index (χ0) is 16.7. The van der Waals surface area contributed by atoms with Crippen LogP contribution in [0.3, 0.4) is 0 Å². The van der Waals surface area contributed by atoms with Crippen molar-refractivity contribution in [1.29, 1.82) is 0 Å². The van der Waals surface area contributed by atoms with Gasteiger partial charge in [-0.15, -0.1) is 0 Å². The summed E-state index contributed by atoms with van der Waals surface area (Å²) >= 11 is 0. The number of anilines is 2. The van der Waals surface area contributed by atoms with Crippen LogP contribution in [-0.4, -0.2) is 44.4 Å². The molecule has 0 aromatic heterocycles. The second-order valence-electron chi connectivity index (χ2n) is 6.57. The van der Waals surface area contributed by atoms with Crippen molar-refractivity contribution in [2.24, 2.45) is 0 Å². The average Bonchev–Trinajstić information content (AvgIpc) is 2.50. The van der Waals surface area contributed by atoms with Crippen LogP contribution in [-0.2, 0) is 0 Å². The highest BCUT2D eigenvalue weighted by Gasteiger charge is 2.28. The standard InChI is InChI=1S/C19H25N3O/c1-13(23)22-18-11-16(20(2)3)8-6-14(18)10-15-7-9-17(21(4)5)12-19(15)22/h6,8-13,23H,7H2,1-5H3. The van der Waals surface area contributed by atoms with E-state index in [0.717, 1.165) is 29.1 Å². The van der Waals surface area contributed by atoms with Crippen molar-refractivity contribution in [3.05, 3.63) is 52.9 Å². The summed E-state index contributed by atoms with van der Waals surface area (Å²) in [5.41, 5.74) is 6.86. The average molecular weight is 311 g/mol. The van der Waals surface area contributed by atoms with Crippen molar-refractivity contribution >= 4 is 17.5 Å². The summed E-state index contributed by atoms with van der Waals surface area (Å²) in [5, 5.41) is 10.4. The van der Waals surface area contributed by atoms with Gasteiger partial charge in [0.05, 0.1) is 5.69 Å². The third kappa shape index (κ3) is 2.75. The van der Waals surface area contributed by atoms with Crippen LogP contribution in [0, 0.1) is 0 Å². The van der Waals surface area contributed by atoms with Gasteiger partial charge >= 0.3 is 0 Å². The highest BCUT2D eigenvalue weighted by Crippen LogP contribution is 2.41.